The smallest absolute Gasteiger partial charge is 0.336 e. The van der Waals surface area contributed by atoms with Crippen LogP contribution >= 0.6 is 0 Å². The Morgan fingerprint density at radius 3 is 1.71 bits per heavy atom. The highest BCUT2D eigenvalue weighted by molar-refractivity contribution is 6.11. The minimum absolute atomic E-state index is 0.164. The monoisotopic (exact) mass is 407 g/mol. The van der Waals surface area contributed by atoms with Gasteiger partial charge in [-0.2, -0.15) is 0 Å². The van der Waals surface area contributed by atoms with Crippen molar-refractivity contribution in [2.75, 3.05) is 4.90 Å². The van der Waals surface area contributed by atoms with E-state index in [1.807, 2.05) is 66.7 Å². The zero-order valence-electron chi connectivity index (χ0n) is 16.8. The maximum Gasteiger partial charge on any atom is 0.336 e. The lowest BCUT2D eigenvalue weighted by Gasteiger charge is -2.24. The van der Waals surface area contributed by atoms with Gasteiger partial charge in [-0.05, 0) is 41.0 Å². The Balaban J connectivity index is 1.81. The summed E-state index contributed by atoms with van der Waals surface area (Å²) in [4.78, 5) is 27.3. The van der Waals surface area contributed by atoms with Crippen molar-refractivity contribution < 1.29 is 14.7 Å². The van der Waals surface area contributed by atoms with Crippen LogP contribution < -0.4 is 4.90 Å². The van der Waals surface area contributed by atoms with Gasteiger partial charge in [0, 0.05) is 11.3 Å². The van der Waals surface area contributed by atoms with Crippen molar-refractivity contribution in [1.29, 1.82) is 0 Å². The molecule has 31 heavy (non-hydrogen) atoms. The van der Waals surface area contributed by atoms with E-state index in [9.17, 15) is 14.7 Å². The molecule has 4 aromatic carbocycles. The fraction of sp³-hybridized carbons (Fsp3) is 0.0370. The first kappa shape index (κ1) is 20.1. The molecule has 0 saturated carbocycles. The lowest BCUT2D eigenvalue weighted by atomic mass is 9.94. The minimum atomic E-state index is -1.03. The van der Waals surface area contributed by atoms with Gasteiger partial charge in [-0.1, -0.05) is 84.9 Å². The topological polar surface area (TPSA) is 57.6 Å². The second kappa shape index (κ2) is 9.09. The molecule has 0 saturated heterocycles. The molecule has 0 aliphatic rings. The summed E-state index contributed by atoms with van der Waals surface area (Å²) in [7, 11) is 0. The maximum absolute atomic E-state index is 13.8. The summed E-state index contributed by atoms with van der Waals surface area (Å²) < 4.78 is 0. The van der Waals surface area contributed by atoms with E-state index >= 15 is 0 Å². The molecule has 0 bridgehead atoms. The number of anilines is 1. The molecular weight excluding hydrogens is 386 g/mol. The van der Waals surface area contributed by atoms with Gasteiger partial charge in [0.15, 0.2) is 0 Å². The molecule has 0 unspecified atom stereocenters. The number of amides is 1. The average Bonchev–Trinajstić information content (AvgIpc) is 2.83. The number of aromatic carboxylic acids is 1. The summed E-state index contributed by atoms with van der Waals surface area (Å²) in [5.41, 5.74) is 3.51. The molecule has 0 atom stereocenters. The van der Waals surface area contributed by atoms with E-state index in [4.69, 9.17) is 0 Å². The first-order valence-electron chi connectivity index (χ1n) is 9.97. The SMILES string of the molecule is O=C(O)c1ccccc1-c1ccccc1C(=O)N(Cc1ccccc1)c1ccccc1. The number of nitrogens with zero attached hydrogens (tertiary/aromatic N) is 1. The molecule has 0 fully saturated rings. The average molecular weight is 407 g/mol. The molecule has 4 heteroatoms. The molecule has 152 valence electrons. The first-order valence-corrected chi connectivity index (χ1v) is 9.97. The summed E-state index contributed by atoms with van der Waals surface area (Å²) in [5, 5.41) is 9.64. The zero-order chi connectivity index (χ0) is 21.6. The summed E-state index contributed by atoms with van der Waals surface area (Å²) in [6, 6.07) is 33.2. The number of benzene rings is 4. The van der Waals surface area contributed by atoms with E-state index in [1.165, 1.54) is 0 Å². The Hall–Kier alpha value is -4.18. The lowest BCUT2D eigenvalue weighted by molar-refractivity contribution is 0.0697. The van der Waals surface area contributed by atoms with Gasteiger partial charge < -0.3 is 10.0 Å². The largest absolute Gasteiger partial charge is 0.478 e. The standard InChI is InChI=1S/C27H21NO3/c29-26(28(21-13-5-2-6-14-21)19-20-11-3-1-4-12-20)24-17-9-7-15-22(24)23-16-8-10-18-25(23)27(30)31/h1-18H,19H2,(H,30,31). The van der Waals surface area contributed by atoms with Crippen molar-refractivity contribution in [3.8, 4) is 11.1 Å². The van der Waals surface area contributed by atoms with Gasteiger partial charge in [-0.3, -0.25) is 4.79 Å². The van der Waals surface area contributed by atoms with Gasteiger partial charge in [0.25, 0.3) is 5.91 Å². The number of hydrogen-bond donors (Lipinski definition) is 1. The summed E-state index contributed by atoms with van der Waals surface area (Å²) in [5.74, 6) is -1.21. The van der Waals surface area contributed by atoms with E-state index in [0.717, 1.165) is 11.3 Å². The lowest BCUT2D eigenvalue weighted by Crippen LogP contribution is -2.30. The van der Waals surface area contributed by atoms with Crippen LogP contribution in [0.4, 0.5) is 5.69 Å². The van der Waals surface area contributed by atoms with Crippen molar-refractivity contribution >= 4 is 17.6 Å². The summed E-state index contributed by atoms with van der Waals surface area (Å²) in [6.45, 7) is 0.401. The third-order valence-electron chi connectivity index (χ3n) is 5.10. The molecule has 0 radical (unpaired) electrons. The van der Waals surface area contributed by atoms with E-state index < -0.39 is 5.97 Å². The summed E-state index contributed by atoms with van der Waals surface area (Å²) >= 11 is 0. The van der Waals surface area contributed by atoms with Crippen LogP contribution in [0.1, 0.15) is 26.3 Å². The van der Waals surface area contributed by atoms with Crippen molar-refractivity contribution in [1.82, 2.24) is 0 Å². The Bertz CT molecular complexity index is 1200. The molecule has 4 nitrogen and oxygen atoms in total. The van der Waals surface area contributed by atoms with Gasteiger partial charge in [0.05, 0.1) is 12.1 Å². The molecule has 1 N–H and O–H groups in total. The van der Waals surface area contributed by atoms with E-state index in [1.54, 1.807) is 47.4 Å². The number of carboxylic acids is 1. The van der Waals surface area contributed by atoms with Crippen molar-refractivity contribution in [2.24, 2.45) is 0 Å². The Kier molecular flexibility index (Phi) is 5.90. The van der Waals surface area contributed by atoms with Gasteiger partial charge in [0.2, 0.25) is 0 Å². The van der Waals surface area contributed by atoms with Crippen LogP contribution in [0.2, 0.25) is 0 Å². The number of rotatable bonds is 6. The molecule has 4 aromatic rings. The number of carboxylic acid groups (broad SMARTS) is 1. The van der Waals surface area contributed by atoms with Gasteiger partial charge in [-0.25, -0.2) is 4.79 Å². The highest BCUT2D eigenvalue weighted by Crippen LogP contribution is 2.30. The van der Waals surface area contributed by atoms with Gasteiger partial charge in [-0.15, -0.1) is 0 Å². The number of hydrogen-bond acceptors (Lipinski definition) is 2. The van der Waals surface area contributed by atoms with Crippen molar-refractivity contribution in [3.05, 3.63) is 126 Å². The van der Waals surface area contributed by atoms with Crippen LogP contribution in [0.3, 0.4) is 0 Å². The Labute approximate surface area is 181 Å². The van der Waals surface area contributed by atoms with Crippen LogP contribution in [0.25, 0.3) is 11.1 Å². The van der Waals surface area contributed by atoms with Crippen LogP contribution in [-0.4, -0.2) is 17.0 Å². The quantitative estimate of drug-likeness (QED) is 0.433. The second-order valence-electron chi connectivity index (χ2n) is 7.11. The molecule has 0 aliphatic carbocycles. The molecule has 1 amide bonds. The van der Waals surface area contributed by atoms with E-state index in [2.05, 4.69) is 0 Å². The maximum atomic E-state index is 13.8. The Morgan fingerprint density at radius 2 is 1.10 bits per heavy atom. The van der Waals surface area contributed by atoms with Crippen LogP contribution in [0, 0.1) is 0 Å². The second-order valence-corrected chi connectivity index (χ2v) is 7.11. The molecular formula is C27H21NO3. The van der Waals surface area contributed by atoms with Crippen molar-refractivity contribution in [2.45, 2.75) is 6.54 Å². The molecule has 0 aliphatic heterocycles. The third-order valence-corrected chi connectivity index (χ3v) is 5.10. The molecule has 0 heterocycles. The minimum Gasteiger partial charge on any atom is -0.478 e. The highest BCUT2D eigenvalue weighted by Gasteiger charge is 2.23. The zero-order valence-corrected chi connectivity index (χ0v) is 16.8. The Morgan fingerprint density at radius 1 is 0.613 bits per heavy atom. The van der Waals surface area contributed by atoms with Gasteiger partial charge in [0.1, 0.15) is 0 Å². The summed E-state index contributed by atoms with van der Waals surface area (Å²) in [6.07, 6.45) is 0. The molecule has 0 spiro atoms. The van der Waals surface area contributed by atoms with Gasteiger partial charge >= 0.3 is 5.97 Å². The van der Waals surface area contributed by atoms with E-state index in [-0.39, 0.29) is 11.5 Å². The molecule has 4 rings (SSSR count). The van der Waals surface area contributed by atoms with Crippen LogP contribution in [0.5, 0.6) is 0 Å². The van der Waals surface area contributed by atoms with E-state index in [0.29, 0.717) is 23.2 Å². The highest BCUT2D eigenvalue weighted by atomic mass is 16.4. The predicted octanol–water partition coefficient (Wildman–Crippen LogP) is 5.90. The fourth-order valence-electron chi connectivity index (χ4n) is 3.61. The number of para-hydroxylation sites is 1. The van der Waals surface area contributed by atoms with Crippen molar-refractivity contribution in [3.63, 3.8) is 0 Å². The number of carbonyl (C=O) groups excluding carboxylic acids is 1. The third kappa shape index (κ3) is 4.38. The van der Waals surface area contributed by atoms with Crippen LogP contribution in [0.15, 0.2) is 109 Å². The fourth-order valence-corrected chi connectivity index (χ4v) is 3.61. The van der Waals surface area contributed by atoms with Crippen LogP contribution in [-0.2, 0) is 6.54 Å². The number of carbonyl (C=O) groups is 2. The normalized spacial score (nSPS) is 10.5. The first-order chi connectivity index (χ1) is 15.1. The predicted molar refractivity (Wildman–Crippen MR) is 122 cm³/mol. The molecule has 0 aromatic heterocycles.